The number of alkyl halides is 3. The van der Waals surface area contributed by atoms with Crippen molar-refractivity contribution in [2.75, 3.05) is 0 Å². The smallest absolute Gasteiger partial charge is 0.417 e. The molecule has 0 unspecified atom stereocenters. The summed E-state index contributed by atoms with van der Waals surface area (Å²) in [5.41, 5.74) is 1.59. The Hall–Kier alpha value is -4.69. The Morgan fingerprint density at radius 1 is 1.11 bits per heavy atom. The Bertz CT molecular complexity index is 1430. The minimum atomic E-state index is -4.47. The van der Waals surface area contributed by atoms with Gasteiger partial charge in [-0.05, 0) is 28.6 Å². The van der Waals surface area contributed by atoms with Crippen LogP contribution in [0.15, 0.2) is 53.7 Å². The van der Waals surface area contributed by atoms with Gasteiger partial charge in [0, 0.05) is 31.1 Å². The summed E-state index contributed by atoms with van der Waals surface area (Å²) < 4.78 is 52.3. The molecular weight excluding hydrogens is 469 g/mol. The van der Waals surface area contributed by atoms with Gasteiger partial charge in [-0.1, -0.05) is 5.16 Å². The average Bonchev–Trinajstić information content (AvgIpc) is 3.59. The Balaban J connectivity index is 1.33. The fraction of sp³-hybridized carbons (Fsp3) is 0.200. The van der Waals surface area contributed by atoms with Crippen LogP contribution >= 0.6 is 0 Å². The van der Waals surface area contributed by atoms with Crippen molar-refractivity contribution in [3.8, 4) is 28.7 Å². The quantitative estimate of drug-likeness (QED) is 0.339. The van der Waals surface area contributed by atoms with Gasteiger partial charge in [0.1, 0.15) is 12.9 Å². The molecule has 0 bridgehead atoms. The maximum absolute atomic E-state index is 12.7. The summed E-state index contributed by atoms with van der Waals surface area (Å²) >= 11 is 0. The molecule has 0 fully saturated rings. The Morgan fingerprint density at radius 3 is 2.74 bits per heavy atom. The fourth-order valence-corrected chi connectivity index (χ4v) is 3.16. The number of nitrogens with zero attached hydrogens (tertiary/aromatic N) is 10. The Labute approximate surface area is 194 Å². The van der Waals surface area contributed by atoms with Crippen LogP contribution < -0.4 is 4.74 Å². The first-order valence-electron chi connectivity index (χ1n) is 10.0. The molecule has 0 aliphatic carbocycles. The first-order chi connectivity index (χ1) is 16.9. The molecule has 0 saturated carbocycles. The van der Waals surface area contributed by atoms with Crippen molar-refractivity contribution in [3.05, 3.63) is 66.1 Å². The van der Waals surface area contributed by atoms with Gasteiger partial charge in [0.15, 0.2) is 0 Å². The summed E-state index contributed by atoms with van der Waals surface area (Å²) in [6.07, 6.45) is 0.871. The molecule has 0 saturated heterocycles. The summed E-state index contributed by atoms with van der Waals surface area (Å²) in [7, 11) is 1.69. The third-order valence-electron chi connectivity index (χ3n) is 4.93. The molecule has 0 aliphatic rings. The standard InChI is InChI=1S/C20H15F3N10O2/c1-32-16(10-34-17-3-2-13(7-25-17)20(21,22)23)15(8-27-32)19-28-18(29-35-19)12-4-5-24-14(6-12)9-33-11-26-30-31-33/h2-8,11H,9-10H2,1H3. The minimum absolute atomic E-state index is 0.0308. The number of pyridine rings is 2. The predicted molar refractivity (Wildman–Crippen MR) is 110 cm³/mol. The van der Waals surface area contributed by atoms with E-state index in [1.54, 1.807) is 30.1 Å². The molecule has 0 aromatic carbocycles. The van der Waals surface area contributed by atoms with Crippen LogP contribution in [0.2, 0.25) is 0 Å². The van der Waals surface area contributed by atoms with Crippen LogP contribution in [-0.2, 0) is 26.4 Å². The van der Waals surface area contributed by atoms with Gasteiger partial charge in [-0.25, -0.2) is 9.67 Å². The monoisotopic (exact) mass is 484 g/mol. The van der Waals surface area contributed by atoms with E-state index in [1.165, 1.54) is 17.2 Å². The van der Waals surface area contributed by atoms with E-state index in [-0.39, 0.29) is 18.4 Å². The van der Waals surface area contributed by atoms with Crippen LogP contribution in [0.5, 0.6) is 5.88 Å². The van der Waals surface area contributed by atoms with Crippen LogP contribution in [0.4, 0.5) is 13.2 Å². The number of aromatic nitrogens is 10. The van der Waals surface area contributed by atoms with E-state index in [2.05, 4.69) is 40.7 Å². The lowest BCUT2D eigenvalue weighted by Crippen LogP contribution is -2.07. The van der Waals surface area contributed by atoms with Gasteiger partial charge >= 0.3 is 6.18 Å². The van der Waals surface area contributed by atoms with Crippen molar-refractivity contribution in [1.29, 1.82) is 0 Å². The molecule has 0 aliphatic heterocycles. The van der Waals surface area contributed by atoms with Gasteiger partial charge in [0.25, 0.3) is 5.89 Å². The average molecular weight is 484 g/mol. The molecule has 5 rings (SSSR count). The van der Waals surface area contributed by atoms with Gasteiger partial charge in [-0.2, -0.15) is 23.3 Å². The van der Waals surface area contributed by atoms with Gasteiger partial charge in [0.2, 0.25) is 11.7 Å². The van der Waals surface area contributed by atoms with Gasteiger partial charge in [0.05, 0.1) is 35.3 Å². The molecule has 0 atom stereocenters. The van der Waals surface area contributed by atoms with E-state index < -0.39 is 11.7 Å². The molecule has 0 radical (unpaired) electrons. The second-order valence-electron chi connectivity index (χ2n) is 7.27. The molecule has 12 nitrogen and oxygen atoms in total. The highest BCUT2D eigenvalue weighted by Crippen LogP contribution is 2.30. The number of tetrazole rings is 1. The zero-order chi connectivity index (χ0) is 24.4. The van der Waals surface area contributed by atoms with Crippen LogP contribution in [0.25, 0.3) is 22.8 Å². The van der Waals surface area contributed by atoms with Crippen LogP contribution in [0.3, 0.4) is 0 Å². The van der Waals surface area contributed by atoms with Crippen LogP contribution in [-0.4, -0.2) is 50.1 Å². The number of hydrogen-bond donors (Lipinski definition) is 0. The summed E-state index contributed by atoms with van der Waals surface area (Å²) in [4.78, 5) is 12.5. The number of hydrogen-bond acceptors (Lipinski definition) is 10. The fourth-order valence-electron chi connectivity index (χ4n) is 3.16. The normalized spacial score (nSPS) is 11.7. The van der Waals surface area contributed by atoms with Crippen molar-refractivity contribution < 1.29 is 22.4 Å². The zero-order valence-electron chi connectivity index (χ0n) is 18.0. The summed E-state index contributed by atoms with van der Waals surface area (Å²) in [5, 5.41) is 19.2. The number of rotatable bonds is 7. The molecule has 5 heterocycles. The van der Waals surface area contributed by atoms with Gasteiger partial charge < -0.3 is 9.26 Å². The van der Waals surface area contributed by atoms with E-state index in [0.717, 1.165) is 12.1 Å². The topological polar surface area (TPSA) is 135 Å². The third kappa shape index (κ3) is 4.83. The lowest BCUT2D eigenvalue weighted by Gasteiger charge is -2.09. The van der Waals surface area contributed by atoms with E-state index in [1.807, 2.05) is 0 Å². The summed E-state index contributed by atoms with van der Waals surface area (Å²) in [6.45, 7) is 0.334. The zero-order valence-corrected chi connectivity index (χ0v) is 18.0. The largest absolute Gasteiger partial charge is 0.471 e. The molecule has 0 spiro atoms. The van der Waals surface area contributed by atoms with E-state index in [9.17, 15) is 13.2 Å². The van der Waals surface area contributed by atoms with E-state index in [4.69, 9.17) is 9.26 Å². The van der Waals surface area contributed by atoms with E-state index in [0.29, 0.717) is 41.1 Å². The first kappa shape index (κ1) is 22.1. The lowest BCUT2D eigenvalue weighted by atomic mass is 10.2. The highest BCUT2D eigenvalue weighted by atomic mass is 19.4. The van der Waals surface area contributed by atoms with Gasteiger partial charge in [-0.15, -0.1) is 5.10 Å². The van der Waals surface area contributed by atoms with Crippen molar-refractivity contribution in [2.24, 2.45) is 7.05 Å². The maximum Gasteiger partial charge on any atom is 0.417 e. The molecule has 178 valence electrons. The molecular formula is C20H15F3N10O2. The first-order valence-corrected chi connectivity index (χ1v) is 10.0. The molecule has 5 aromatic heterocycles. The number of ether oxygens (including phenoxy) is 1. The Morgan fingerprint density at radius 2 is 2.00 bits per heavy atom. The number of aryl methyl sites for hydroxylation is 1. The van der Waals surface area contributed by atoms with Crippen molar-refractivity contribution >= 4 is 0 Å². The molecule has 0 amide bonds. The minimum Gasteiger partial charge on any atom is -0.471 e. The highest BCUT2D eigenvalue weighted by molar-refractivity contribution is 5.61. The van der Waals surface area contributed by atoms with Crippen LogP contribution in [0.1, 0.15) is 17.0 Å². The SMILES string of the molecule is Cn1ncc(-c2nc(-c3ccnc(Cn4cnnn4)c3)no2)c1COc1ccc(C(F)(F)F)cn1. The van der Waals surface area contributed by atoms with E-state index >= 15 is 0 Å². The Kier molecular flexibility index (Phi) is 5.64. The number of halogens is 3. The van der Waals surface area contributed by atoms with Crippen LogP contribution in [0, 0.1) is 0 Å². The van der Waals surface area contributed by atoms with Crippen molar-refractivity contribution in [2.45, 2.75) is 19.3 Å². The molecule has 35 heavy (non-hydrogen) atoms. The second-order valence-corrected chi connectivity index (χ2v) is 7.27. The van der Waals surface area contributed by atoms with Gasteiger partial charge in [-0.3, -0.25) is 9.67 Å². The lowest BCUT2D eigenvalue weighted by molar-refractivity contribution is -0.137. The predicted octanol–water partition coefficient (Wildman–Crippen LogP) is 2.56. The highest BCUT2D eigenvalue weighted by Gasteiger charge is 2.30. The molecule has 0 N–H and O–H groups in total. The maximum atomic E-state index is 12.7. The molecule has 15 heteroatoms. The third-order valence-corrected chi connectivity index (χ3v) is 4.93. The summed E-state index contributed by atoms with van der Waals surface area (Å²) in [6, 6.07) is 5.58. The summed E-state index contributed by atoms with van der Waals surface area (Å²) in [5.74, 6) is 0.565. The van der Waals surface area contributed by atoms with Crippen molar-refractivity contribution in [1.82, 2.24) is 50.1 Å². The second kappa shape index (κ2) is 8.92. The van der Waals surface area contributed by atoms with Crippen molar-refractivity contribution in [3.63, 3.8) is 0 Å². The molecule has 5 aromatic rings.